The third-order valence-electron chi connectivity index (χ3n) is 3.90. The Morgan fingerprint density at radius 3 is 2.45 bits per heavy atom. The van der Waals surface area contributed by atoms with Gasteiger partial charge in [-0.25, -0.2) is 13.6 Å². The van der Waals surface area contributed by atoms with Gasteiger partial charge < -0.3 is 4.74 Å². The van der Waals surface area contributed by atoms with Gasteiger partial charge in [0, 0.05) is 0 Å². The Morgan fingerprint density at radius 2 is 1.95 bits per heavy atom. The molecule has 0 spiro atoms. The molecular formula is C14H20ClNO3S. The van der Waals surface area contributed by atoms with Crippen LogP contribution < -0.4 is 9.88 Å². The van der Waals surface area contributed by atoms with Crippen LogP contribution >= 0.6 is 11.6 Å². The van der Waals surface area contributed by atoms with Crippen molar-refractivity contribution in [2.75, 3.05) is 0 Å². The van der Waals surface area contributed by atoms with Gasteiger partial charge in [0.1, 0.15) is 5.75 Å². The van der Waals surface area contributed by atoms with Crippen LogP contribution in [0.4, 0.5) is 0 Å². The lowest BCUT2D eigenvalue weighted by Crippen LogP contribution is -2.24. The van der Waals surface area contributed by atoms with Gasteiger partial charge in [-0.15, -0.1) is 0 Å². The summed E-state index contributed by atoms with van der Waals surface area (Å²) < 4.78 is 28.3. The van der Waals surface area contributed by atoms with Gasteiger partial charge in [-0.3, -0.25) is 0 Å². The molecule has 0 atom stereocenters. The number of hydrogen-bond acceptors (Lipinski definition) is 3. The maximum Gasteiger partial charge on any atom is 0.238 e. The highest BCUT2D eigenvalue weighted by Gasteiger charge is 2.22. The second-order valence-electron chi connectivity index (χ2n) is 5.31. The second-order valence-corrected chi connectivity index (χ2v) is 7.27. The van der Waals surface area contributed by atoms with Crippen molar-refractivity contribution < 1.29 is 13.2 Å². The molecule has 0 unspecified atom stereocenters. The summed E-state index contributed by atoms with van der Waals surface area (Å²) in [4.78, 5) is 0.00420. The molecule has 1 saturated carbocycles. The molecule has 0 aromatic heterocycles. The molecule has 112 valence electrons. The lowest BCUT2D eigenvalue weighted by atomic mass is 9.86. The van der Waals surface area contributed by atoms with E-state index in [9.17, 15) is 8.42 Å². The molecule has 1 aromatic rings. The van der Waals surface area contributed by atoms with E-state index < -0.39 is 10.0 Å². The molecule has 4 nitrogen and oxygen atoms in total. The molecule has 0 amide bonds. The minimum atomic E-state index is -3.73. The lowest BCUT2D eigenvalue weighted by Gasteiger charge is -2.28. The summed E-state index contributed by atoms with van der Waals surface area (Å²) in [6, 6.07) is 4.34. The van der Waals surface area contributed by atoms with Crippen molar-refractivity contribution in [2.45, 2.75) is 50.0 Å². The fourth-order valence-electron chi connectivity index (χ4n) is 2.59. The van der Waals surface area contributed by atoms with Gasteiger partial charge in [0.25, 0.3) is 0 Å². The number of hydrogen-bond donors (Lipinski definition) is 1. The Balaban J connectivity index is 2.04. The fraction of sp³-hybridized carbons (Fsp3) is 0.571. The quantitative estimate of drug-likeness (QED) is 0.926. The molecule has 20 heavy (non-hydrogen) atoms. The molecule has 0 heterocycles. The SMILES string of the molecule is CCC1CCC(Oc2ccc(S(N)(=O)=O)cc2Cl)CC1. The van der Waals surface area contributed by atoms with Crippen molar-refractivity contribution in [3.63, 3.8) is 0 Å². The van der Waals surface area contributed by atoms with Gasteiger partial charge in [0.2, 0.25) is 10.0 Å². The van der Waals surface area contributed by atoms with Gasteiger partial charge in [0.15, 0.2) is 0 Å². The smallest absolute Gasteiger partial charge is 0.238 e. The number of benzene rings is 1. The summed E-state index contributed by atoms with van der Waals surface area (Å²) in [5.74, 6) is 1.33. The number of primary sulfonamides is 1. The Kier molecular flexibility index (Phi) is 4.94. The van der Waals surface area contributed by atoms with Crippen molar-refractivity contribution in [3.05, 3.63) is 23.2 Å². The zero-order chi connectivity index (χ0) is 14.8. The van der Waals surface area contributed by atoms with Crippen molar-refractivity contribution >= 4 is 21.6 Å². The summed E-state index contributed by atoms with van der Waals surface area (Å²) in [6.45, 7) is 2.22. The molecule has 0 saturated heterocycles. The highest BCUT2D eigenvalue weighted by molar-refractivity contribution is 7.89. The molecule has 1 aliphatic carbocycles. The highest BCUT2D eigenvalue weighted by atomic mass is 35.5. The van der Waals surface area contributed by atoms with E-state index in [0.717, 1.165) is 18.8 Å². The summed E-state index contributed by atoms with van der Waals surface area (Å²) >= 11 is 6.07. The van der Waals surface area contributed by atoms with E-state index in [4.69, 9.17) is 21.5 Å². The van der Waals surface area contributed by atoms with E-state index in [0.29, 0.717) is 5.75 Å². The van der Waals surface area contributed by atoms with E-state index >= 15 is 0 Å². The molecular weight excluding hydrogens is 298 g/mol. The highest BCUT2D eigenvalue weighted by Crippen LogP contribution is 2.33. The zero-order valence-electron chi connectivity index (χ0n) is 11.5. The predicted molar refractivity (Wildman–Crippen MR) is 79.5 cm³/mol. The molecule has 1 fully saturated rings. The van der Waals surface area contributed by atoms with Gasteiger partial charge in [-0.1, -0.05) is 24.9 Å². The maximum absolute atomic E-state index is 11.2. The first kappa shape index (κ1) is 15.6. The number of ether oxygens (including phenoxy) is 1. The minimum Gasteiger partial charge on any atom is -0.489 e. The summed E-state index contributed by atoms with van der Waals surface area (Å²) in [7, 11) is -3.73. The Hall–Kier alpha value is -0.780. The van der Waals surface area contributed by atoms with Crippen LogP contribution in [0.1, 0.15) is 39.0 Å². The molecule has 2 rings (SSSR count). The fourth-order valence-corrected chi connectivity index (χ4v) is 3.42. The molecule has 1 aliphatic rings. The van der Waals surface area contributed by atoms with Crippen LogP contribution in [0.5, 0.6) is 5.75 Å². The standard InChI is InChI=1S/C14H20ClNO3S/c1-2-10-3-5-11(6-4-10)19-14-8-7-12(9-13(14)15)20(16,17)18/h7-11H,2-6H2,1H3,(H2,16,17,18). The number of nitrogens with two attached hydrogens (primary N) is 1. The van der Waals surface area contributed by atoms with Gasteiger partial charge >= 0.3 is 0 Å². The molecule has 0 radical (unpaired) electrons. The second kappa shape index (κ2) is 6.33. The number of sulfonamides is 1. The van der Waals surface area contributed by atoms with Crippen LogP contribution in [0.25, 0.3) is 0 Å². The normalized spacial score (nSPS) is 23.6. The molecule has 0 bridgehead atoms. The van der Waals surface area contributed by atoms with Crippen molar-refractivity contribution in [1.29, 1.82) is 0 Å². The van der Waals surface area contributed by atoms with Crippen molar-refractivity contribution in [3.8, 4) is 5.75 Å². The van der Waals surface area contributed by atoms with Gasteiger partial charge in [-0.05, 0) is 49.8 Å². The molecule has 6 heteroatoms. The van der Waals surface area contributed by atoms with E-state index in [1.54, 1.807) is 6.07 Å². The Morgan fingerprint density at radius 1 is 1.30 bits per heavy atom. The van der Waals surface area contributed by atoms with Crippen LogP contribution in [-0.4, -0.2) is 14.5 Å². The monoisotopic (exact) mass is 317 g/mol. The summed E-state index contributed by atoms with van der Waals surface area (Å²) in [6.07, 6.45) is 5.77. The lowest BCUT2D eigenvalue weighted by molar-refractivity contribution is 0.130. The Labute approximate surface area is 125 Å². The first-order chi connectivity index (χ1) is 9.40. The first-order valence-corrected chi connectivity index (χ1v) is 8.81. The first-order valence-electron chi connectivity index (χ1n) is 6.89. The summed E-state index contributed by atoms with van der Waals surface area (Å²) in [5.41, 5.74) is 0. The average Bonchev–Trinajstić information content (AvgIpc) is 2.41. The van der Waals surface area contributed by atoms with E-state index in [2.05, 4.69) is 6.92 Å². The van der Waals surface area contributed by atoms with Crippen molar-refractivity contribution in [1.82, 2.24) is 0 Å². The van der Waals surface area contributed by atoms with Crippen LogP contribution in [0, 0.1) is 5.92 Å². The molecule has 0 aliphatic heterocycles. The van der Waals surface area contributed by atoms with Crippen LogP contribution in [0.3, 0.4) is 0 Å². The van der Waals surface area contributed by atoms with Gasteiger partial charge in [0.05, 0.1) is 16.0 Å². The van der Waals surface area contributed by atoms with Crippen molar-refractivity contribution in [2.24, 2.45) is 11.1 Å². The summed E-state index contributed by atoms with van der Waals surface area (Å²) in [5, 5.41) is 5.35. The average molecular weight is 318 g/mol. The molecule has 1 aromatic carbocycles. The Bertz CT molecular complexity index is 566. The van der Waals surface area contributed by atoms with E-state index in [1.807, 2.05) is 0 Å². The van der Waals surface area contributed by atoms with Crippen LogP contribution in [0.15, 0.2) is 23.1 Å². The van der Waals surface area contributed by atoms with Gasteiger partial charge in [-0.2, -0.15) is 0 Å². The topological polar surface area (TPSA) is 69.4 Å². The van der Waals surface area contributed by atoms with E-state index in [1.165, 1.54) is 31.4 Å². The maximum atomic E-state index is 11.2. The third kappa shape index (κ3) is 3.87. The van der Waals surface area contributed by atoms with Crippen LogP contribution in [0.2, 0.25) is 5.02 Å². The number of halogens is 1. The molecule has 2 N–H and O–H groups in total. The number of rotatable bonds is 4. The third-order valence-corrected chi connectivity index (χ3v) is 5.10. The van der Waals surface area contributed by atoms with Crippen LogP contribution in [-0.2, 0) is 10.0 Å². The minimum absolute atomic E-state index is 0.00420. The predicted octanol–water partition coefficient (Wildman–Crippen LogP) is 3.34. The largest absolute Gasteiger partial charge is 0.489 e. The zero-order valence-corrected chi connectivity index (χ0v) is 13.1. The van der Waals surface area contributed by atoms with E-state index in [-0.39, 0.29) is 16.0 Å².